The summed E-state index contributed by atoms with van der Waals surface area (Å²) < 4.78 is 4.87. The maximum absolute atomic E-state index is 11.9. The molecule has 0 aromatic carbocycles. The number of aliphatic carboxylic acids is 1. The Bertz CT molecular complexity index is 487. The van der Waals surface area contributed by atoms with Gasteiger partial charge in [0.15, 0.2) is 0 Å². The summed E-state index contributed by atoms with van der Waals surface area (Å²) in [6.45, 7) is 1.87. The van der Waals surface area contributed by atoms with E-state index in [0.29, 0.717) is 18.5 Å². The Morgan fingerprint density at radius 3 is 2.50 bits per heavy atom. The van der Waals surface area contributed by atoms with Crippen LogP contribution in [-0.2, 0) is 4.79 Å². The van der Waals surface area contributed by atoms with E-state index in [4.69, 9.17) is 4.52 Å². The second-order valence-electron chi connectivity index (χ2n) is 5.51. The highest BCUT2D eigenvalue weighted by molar-refractivity contribution is 5.91. The van der Waals surface area contributed by atoms with Gasteiger partial charge in [0.05, 0.1) is 11.1 Å². The molecule has 2 rings (SSSR count). The third-order valence-corrected chi connectivity index (χ3v) is 3.95. The lowest BCUT2D eigenvalue weighted by Gasteiger charge is -2.27. The lowest BCUT2D eigenvalue weighted by molar-refractivity contribution is -0.149. The molecular formula is C14H20N2O4. The van der Waals surface area contributed by atoms with Gasteiger partial charge >= 0.3 is 5.97 Å². The van der Waals surface area contributed by atoms with Crippen LogP contribution in [0.15, 0.2) is 10.6 Å². The van der Waals surface area contributed by atoms with Gasteiger partial charge in [0.25, 0.3) is 5.91 Å². The Morgan fingerprint density at radius 1 is 1.35 bits per heavy atom. The molecule has 1 aromatic rings. The number of aromatic nitrogens is 1. The monoisotopic (exact) mass is 280 g/mol. The quantitative estimate of drug-likeness (QED) is 0.824. The molecule has 0 atom stereocenters. The second-order valence-corrected chi connectivity index (χ2v) is 5.51. The summed E-state index contributed by atoms with van der Waals surface area (Å²) in [5.74, 6) is -1.11. The molecule has 0 bridgehead atoms. The molecule has 110 valence electrons. The molecule has 1 aliphatic rings. The first-order valence-corrected chi connectivity index (χ1v) is 6.98. The molecule has 0 unspecified atom stereocenters. The van der Waals surface area contributed by atoms with E-state index < -0.39 is 17.3 Å². The van der Waals surface area contributed by atoms with Gasteiger partial charge in [-0.05, 0) is 19.8 Å². The molecule has 1 fully saturated rings. The van der Waals surface area contributed by atoms with Gasteiger partial charge in [-0.15, -0.1) is 0 Å². The molecule has 0 saturated heterocycles. The van der Waals surface area contributed by atoms with Crippen molar-refractivity contribution in [1.29, 1.82) is 0 Å². The fourth-order valence-electron chi connectivity index (χ4n) is 2.68. The largest absolute Gasteiger partial charge is 0.481 e. The van der Waals surface area contributed by atoms with Crippen molar-refractivity contribution in [1.82, 2.24) is 10.5 Å². The van der Waals surface area contributed by atoms with Crippen LogP contribution in [0.25, 0.3) is 0 Å². The van der Waals surface area contributed by atoms with Gasteiger partial charge in [-0.2, -0.15) is 0 Å². The lowest BCUT2D eigenvalue weighted by Crippen LogP contribution is -2.42. The predicted octanol–water partition coefficient (Wildman–Crippen LogP) is 2.14. The molecule has 1 aromatic heterocycles. The molecule has 2 N–H and O–H groups in total. The number of nitrogens with one attached hydrogen (secondary N) is 1. The molecule has 0 radical (unpaired) electrons. The van der Waals surface area contributed by atoms with E-state index in [1.54, 1.807) is 6.92 Å². The fraction of sp³-hybridized carbons (Fsp3) is 0.643. The Kier molecular flexibility index (Phi) is 4.42. The van der Waals surface area contributed by atoms with Crippen LogP contribution in [0.4, 0.5) is 0 Å². The first-order chi connectivity index (χ1) is 9.53. The zero-order chi connectivity index (χ0) is 14.6. The number of amides is 1. The Morgan fingerprint density at radius 2 is 2.00 bits per heavy atom. The molecule has 6 nitrogen and oxygen atoms in total. The van der Waals surface area contributed by atoms with Crippen molar-refractivity contribution in [2.75, 3.05) is 6.54 Å². The number of aryl methyl sites for hydroxylation is 1. The van der Waals surface area contributed by atoms with Crippen LogP contribution >= 0.6 is 0 Å². The minimum atomic E-state index is -0.846. The number of nitrogens with zero attached hydrogens (tertiary/aromatic N) is 1. The van der Waals surface area contributed by atoms with Gasteiger partial charge in [-0.1, -0.05) is 30.8 Å². The summed E-state index contributed by atoms with van der Waals surface area (Å²) in [6.07, 6.45) is 5.12. The van der Waals surface area contributed by atoms with E-state index >= 15 is 0 Å². The number of rotatable bonds is 4. The highest BCUT2D eigenvalue weighted by atomic mass is 16.5. The number of hydrogen-bond acceptors (Lipinski definition) is 4. The van der Waals surface area contributed by atoms with Crippen molar-refractivity contribution < 1.29 is 19.2 Å². The number of carboxylic acids is 1. The van der Waals surface area contributed by atoms with Gasteiger partial charge in [-0.3, -0.25) is 9.59 Å². The minimum Gasteiger partial charge on any atom is -0.481 e. The highest BCUT2D eigenvalue weighted by Gasteiger charge is 2.39. The maximum atomic E-state index is 11.9. The van der Waals surface area contributed by atoms with Crippen molar-refractivity contribution in [3.8, 4) is 0 Å². The van der Waals surface area contributed by atoms with Gasteiger partial charge in [-0.25, -0.2) is 0 Å². The summed E-state index contributed by atoms with van der Waals surface area (Å²) in [6, 6.07) is 1.54. The van der Waals surface area contributed by atoms with E-state index in [-0.39, 0.29) is 12.3 Å². The standard InChI is InChI=1S/C14H20N2O4/c1-10-8-11(20-16-10)12(17)15-9-14(13(18)19)6-4-2-3-5-7-14/h8H,2-7,9H2,1H3,(H,15,17)(H,18,19). The minimum absolute atomic E-state index is 0.122. The van der Waals surface area contributed by atoms with Crippen molar-refractivity contribution in [3.05, 3.63) is 17.5 Å². The third kappa shape index (κ3) is 3.18. The smallest absolute Gasteiger partial charge is 0.311 e. The van der Waals surface area contributed by atoms with E-state index in [2.05, 4.69) is 10.5 Å². The van der Waals surface area contributed by atoms with Crippen LogP contribution in [0.1, 0.15) is 54.8 Å². The summed E-state index contributed by atoms with van der Waals surface area (Å²) in [7, 11) is 0. The van der Waals surface area contributed by atoms with Gasteiger partial charge in [0, 0.05) is 12.6 Å². The summed E-state index contributed by atoms with van der Waals surface area (Å²) in [5, 5.41) is 15.8. The Hall–Kier alpha value is -1.85. The van der Waals surface area contributed by atoms with Crippen molar-refractivity contribution in [3.63, 3.8) is 0 Å². The maximum Gasteiger partial charge on any atom is 0.311 e. The second kappa shape index (κ2) is 6.07. The van der Waals surface area contributed by atoms with Crippen LogP contribution in [-0.4, -0.2) is 28.7 Å². The van der Waals surface area contributed by atoms with Gasteiger partial charge in [0.2, 0.25) is 5.76 Å². The van der Waals surface area contributed by atoms with Crippen LogP contribution in [0, 0.1) is 12.3 Å². The molecule has 6 heteroatoms. The number of carboxylic acid groups (broad SMARTS) is 1. The predicted molar refractivity (Wildman–Crippen MR) is 71.3 cm³/mol. The Balaban J connectivity index is 2.01. The molecular weight excluding hydrogens is 260 g/mol. The molecule has 1 saturated carbocycles. The summed E-state index contributed by atoms with van der Waals surface area (Å²) >= 11 is 0. The van der Waals surface area contributed by atoms with E-state index in [1.165, 1.54) is 6.07 Å². The normalized spacial score (nSPS) is 18.2. The number of carbonyl (C=O) groups excluding carboxylic acids is 1. The third-order valence-electron chi connectivity index (χ3n) is 3.95. The topological polar surface area (TPSA) is 92.4 Å². The first kappa shape index (κ1) is 14.6. The molecule has 0 aliphatic heterocycles. The number of hydrogen-bond donors (Lipinski definition) is 2. The molecule has 20 heavy (non-hydrogen) atoms. The lowest BCUT2D eigenvalue weighted by atomic mass is 9.80. The van der Waals surface area contributed by atoms with Crippen molar-refractivity contribution in [2.45, 2.75) is 45.4 Å². The van der Waals surface area contributed by atoms with Crippen LogP contribution in [0.3, 0.4) is 0 Å². The van der Waals surface area contributed by atoms with E-state index in [1.807, 2.05) is 0 Å². The van der Waals surface area contributed by atoms with E-state index in [9.17, 15) is 14.7 Å². The van der Waals surface area contributed by atoms with Crippen LogP contribution in [0.5, 0.6) is 0 Å². The number of carbonyl (C=O) groups is 2. The van der Waals surface area contributed by atoms with Crippen LogP contribution < -0.4 is 5.32 Å². The van der Waals surface area contributed by atoms with Gasteiger partial charge < -0.3 is 14.9 Å². The molecule has 1 amide bonds. The van der Waals surface area contributed by atoms with Crippen LogP contribution in [0.2, 0.25) is 0 Å². The first-order valence-electron chi connectivity index (χ1n) is 6.98. The Labute approximate surface area is 117 Å². The molecule has 1 aliphatic carbocycles. The average molecular weight is 280 g/mol. The molecule has 1 heterocycles. The van der Waals surface area contributed by atoms with Crippen molar-refractivity contribution >= 4 is 11.9 Å². The van der Waals surface area contributed by atoms with E-state index in [0.717, 1.165) is 25.7 Å². The highest BCUT2D eigenvalue weighted by Crippen LogP contribution is 2.34. The zero-order valence-corrected chi connectivity index (χ0v) is 11.6. The van der Waals surface area contributed by atoms with Gasteiger partial charge in [0.1, 0.15) is 0 Å². The molecule has 0 spiro atoms. The SMILES string of the molecule is Cc1cc(C(=O)NCC2(C(=O)O)CCCCCC2)on1. The summed E-state index contributed by atoms with van der Waals surface area (Å²) in [4.78, 5) is 23.5. The average Bonchev–Trinajstić information content (AvgIpc) is 2.71. The zero-order valence-electron chi connectivity index (χ0n) is 11.6. The fourth-order valence-corrected chi connectivity index (χ4v) is 2.68. The van der Waals surface area contributed by atoms with Crippen molar-refractivity contribution in [2.24, 2.45) is 5.41 Å². The summed E-state index contributed by atoms with van der Waals surface area (Å²) in [5.41, 5.74) is -0.223.